The number of carboxylic acids is 1. The molecule has 2 rings (SSSR count). The van der Waals surface area contributed by atoms with E-state index in [0.29, 0.717) is 6.04 Å². The normalized spacial score (nSPS) is 25.0. The van der Waals surface area contributed by atoms with Gasteiger partial charge in [-0.05, 0) is 66.0 Å². The largest absolute Gasteiger partial charge is 0.481 e. The molecule has 1 N–H and O–H groups in total. The molecule has 0 spiro atoms. The first-order chi connectivity index (χ1) is 10.8. The monoisotopic (exact) mass is 326 g/mol. The number of aliphatic carboxylic acids is 1. The maximum absolute atomic E-state index is 12.2. The van der Waals surface area contributed by atoms with Crippen LogP contribution in [0, 0.1) is 5.92 Å². The molecule has 0 radical (unpaired) electrons. The zero-order valence-electron chi connectivity index (χ0n) is 14.6. The molecule has 0 bridgehead atoms. The van der Waals surface area contributed by atoms with Gasteiger partial charge in [-0.3, -0.25) is 4.79 Å². The zero-order valence-corrected chi connectivity index (χ0v) is 14.6. The fraction of sp³-hybridized carbons (Fsp3) is 0.882. The van der Waals surface area contributed by atoms with Gasteiger partial charge in [0.15, 0.2) is 0 Å². The van der Waals surface area contributed by atoms with Crippen LogP contribution in [0.4, 0.5) is 4.79 Å². The molecule has 6 heteroatoms. The van der Waals surface area contributed by atoms with Crippen LogP contribution in [0.3, 0.4) is 0 Å². The minimum absolute atomic E-state index is 0.185. The molecule has 2 saturated heterocycles. The van der Waals surface area contributed by atoms with Gasteiger partial charge in [0.05, 0.1) is 5.92 Å². The number of carbonyl (C=O) groups is 2. The number of rotatable bonds is 2. The molecule has 23 heavy (non-hydrogen) atoms. The Kier molecular flexibility index (Phi) is 5.89. The Balaban J connectivity index is 1.82. The lowest BCUT2D eigenvalue weighted by atomic mass is 9.94. The summed E-state index contributed by atoms with van der Waals surface area (Å²) in [6.45, 7) is 8.84. The van der Waals surface area contributed by atoms with Crippen molar-refractivity contribution in [1.29, 1.82) is 0 Å². The average molecular weight is 326 g/mol. The predicted octanol–water partition coefficient (Wildman–Crippen LogP) is 2.57. The van der Waals surface area contributed by atoms with Gasteiger partial charge in [0.1, 0.15) is 5.60 Å². The molecule has 2 heterocycles. The van der Waals surface area contributed by atoms with Gasteiger partial charge in [-0.15, -0.1) is 0 Å². The summed E-state index contributed by atoms with van der Waals surface area (Å²) in [5.74, 6) is -0.850. The van der Waals surface area contributed by atoms with Crippen LogP contribution >= 0.6 is 0 Å². The van der Waals surface area contributed by atoms with Gasteiger partial charge < -0.3 is 19.6 Å². The van der Waals surface area contributed by atoms with E-state index in [9.17, 15) is 9.59 Å². The Bertz CT molecular complexity index is 425. The summed E-state index contributed by atoms with van der Waals surface area (Å²) in [6.07, 6.45) is 4.24. The maximum atomic E-state index is 12.2. The lowest BCUT2D eigenvalue weighted by Gasteiger charge is -2.36. The topological polar surface area (TPSA) is 70.1 Å². The summed E-state index contributed by atoms with van der Waals surface area (Å²) >= 11 is 0. The SMILES string of the molecule is CC(C)(C)OC(=O)N1CCC[C@@H](N2CCC(C(=O)O)CC2)CC1. The quantitative estimate of drug-likeness (QED) is 0.844. The summed E-state index contributed by atoms with van der Waals surface area (Å²) in [5.41, 5.74) is -0.457. The van der Waals surface area contributed by atoms with Gasteiger partial charge in [0, 0.05) is 19.1 Å². The molecule has 2 fully saturated rings. The van der Waals surface area contributed by atoms with Gasteiger partial charge >= 0.3 is 12.1 Å². The van der Waals surface area contributed by atoms with Crippen molar-refractivity contribution < 1.29 is 19.4 Å². The third-order valence-corrected chi connectivity index (χ3v) is 4.74. The molecular formula is C17H30N2O4. The number of piperidine rings is 1. The second kappa shape index (κ2) is 7.51. The first-order valence-corrected chi connectivity index (χ1v) is 8.71. The van der Waals surface area contributed by atoms with Crippen molar-refractivity contribution in [3.63, 3.8) is 0 Å². The van der Waals surface area contributed by atoms with Gasteiger partial charge in [-0.25, -0.2) is 4.79 Å². The average Bonchev–Trinajstić information content (AvgIpc) is 2.71. The summed E-state index contributed by atoms with van der Waals surface area (Å²) in [4.78, 5) is 27.5. The van der Waals surface area contributed by atoms with E-state index in [4.69, 9.17) is 9.84 Å². The number of likely N-dealkylation sites (tertiary alicyclic amines) is 2. The maximum Gasteiger partial charge on any atom is 0.410 e. The summed E-state index contributed by atoms with van der Waals surface area (Å²) in [5, 5.41) is 9.09. The van der Waals surface area contributed by atoms with Crippen LogP contribution in [0.25, 0.3) is 0 Å². The van der Waals surface area contributed by atoms with Gasteiger partial charge in [0.2, 0.25) is 0 Å². The first-order valence-electron chi connectivity index (χ1n) is 8.71. The Hall–Kier alpha value is -1.30. The van der Waals surface area contributed by atoms with Gasteiger partial charge in [-0.1, -0.05) is 0 Å². The van der Waals surface area contributed by atoms with E-state index in [2.05, 4.69) is 4.90 Å². The molecule has 1 atom stereocenters. The van der Waals surface area contributed by atoms with E-state index in [1.54, 1.807) is 0 Å². The molecular weight excluding hydrogens is 296 g/mol. The summed E-state index contributed by atoms with van der Waals surface area (Å²) in [7, 11) is 0. The van der Waals surface area contributed by atoms with Crippen LogP contribution in [0.5, 0.6) is 0 Å². The van der Waals surface area contributed by atoms with E-state index in [0.717, 1.165) is 58.3 Å². The van der Waals surface area contributed by atoms with Crippen LogP contribution in [-0.2, 0) is 9.53 Å². The number of ether oxygens (including phenoxy) is 1. The summed E-state index contributed by atoms with van der Waals surface area (Å²) in [6, 6.07) is 0.456. The smallest absolute Gasteiger partial charge is 0.410 e. The van der Waals surface area contributed by atoms with E-state index in [1.165, 1.54) is 0 Å². The van der Waals surface area contributed by atoms with Gasteiger partial charge in [-0.2, -0.15) is 0 Å². The molecule has 0 aliphatic carbocycles. The molecule has 2 aliphatic rings. The summed E-state index contributed by atoms with van der Waals surface area (Å²) < 4.78 is 5.46. The van der Waals surface area contributed by atoms with Crippen molar-refractivity contribution in [2.24, 2.45) is 5.92 Å². The van der Waals surface area contributed by atoms with Gasteiger partial charge in [0.25, 0.3) is 0 Å². The first kappa shape index (κ1) is 18.0. The molecule has 0 aromatic heterocycles. The standard InChI is InChI=1S/C17H30N2O4/c1-17(2,3)23-16(22)19-9-4-5-14(8-12-19)18-10-6-13(7-11-18)15(20)21/h13-14H,4-12H2,1-3H3,(H,20,21)/t14-/m1/s1. The molecule has 0 aromatic carbocycles. The number of hydrogen-bond acceptors (Lipinski definition) is 4. The lowest BCUT2D eigenvalue weighted by molar-refractivity contribution is -0.143. The molecule has 132 valence electrons. The number of hydrogen-bond donors (Lipinski definition) is 1. The van der Waals surface area contributed by atoms with Crippen molar-refractivity contribution in [3.8, 4) is 0 Å². The van der Waals surface area contributed by atoms with Crippen LogP contribution in [0.1, 0.15) is 52.9 Å². The minimum atomic E-state index is -0.665. The predicted molar refractivity (Wildman–Crippen MR) is 87.4 cm³/mol. The Morgan fingerprint density at radius 1 is 1.00 bits per heavy atom. The molecule has 2 aliphatic heterocycles. The highest BCUT2D eigenvalue weighted by Crippen LogP contribution is 2.24. The molecule has 0 aromatic rings. The highest BCUT2D eigenvalue weighted by atomic mass is 16.6. The zero-order chi connectivity index (χ0) is 17.0. The Morgan fingerprint density at radius 3 is 2.22 bits per heavy atom. The third-order valence-electron chi connectivity index (χ3n) is 4.74. The van der Waals surface area contributed by atoms with Crippen molar-refractivity contribution in [2.75, 3.05) is 26.2 Å². The molecule has 6 nitrogen and oxygen atoms in total. The van der Waals surface area contributed by atoms with E-state index >= 15 is 0 Å². The van der Waals surface area contributed by atoms with E-state index in [-0.39, 0.29) is 12.0 Å². The van der Waals surface area contributed by atoms with Crippen LogP contribution in [-0.4, -0.2) is 64.8 Å². The van der Waals surface area contributed by atoms with E-state index in [1.807, 2.05) is 25.7 Å². The van der Waals surface area contributed by atoms with Crippen LogP contribution in [0.2, 0.25) is 0 Å². The third kappa shape index (κ3) is 5.37. The molecule has 0 unspecified atom stereocenters. The van der Waals surface area contributed by atoms with Crippen molar-refractivity contribution in [3.05, 3.63) is 0 Å². The second-order valence-electron chi connectivity index (χ2n) is 7.70. The minimum Gasteiger partial charge on any atom is -0.481 e. The fourth-order valence-corrected chi connectivity index (χ4v) is 3.46. The highest BCUT2D eigenvalue weighted by Gasteiger charge is 2.31. The fourth-order valence-electron chi connectivity index (χ4n) is 3.46. The second-order valence-corrected chi connectivity index (χ2v) is 7.70. The molecule has 0 saturated carbocycles. The van der Waals surface area contributed by atoms with E-state index < -0.39 is 11.6 Å². The number of carboxylic acid groups (broad SMARTS) is 1. The number of nitrogens with zero attached hydrogens (tertiary/aromatic N) is 2. The lowest BCUT2D eigenvalue weighted by Crippen LogP contribution is -2.43. The Labute approximate surface area is 138 Å². The van der Waals surface area contributed by atoms with Crippen molar-refractivity contribution in [2.45, 2.75) is 64.5 Å². The molecule has 1 amide bonds. The Morgan fingerprint density at radius 2 is 1.65 bits per heavy atom. The van der Waals surface area contributed by atoms with Crippen LogP contribution < -0.4 is 0 Å². The highest BCUT2D eigenvalue weighted by molar-refractivity contribution is 5.70. The number of amides is 1. The number of carbonyl (C=O) groups excluding carboxylic acids is 1. The van der Waals surface area contributed by atoms with Crippen molar-refractivity contribution >= 4 is 12.1 Å². The van der Waals surface area contributed by atoms with Crippen molar-refractivity contribution in [1.82, 2.24) is 9.80 Å². The van der Waals surface area contributed by atoms with Crippen LogP contribution in [0.15, 0.2) is 0 Å².